The minimum atomic E-state index is 0.0716. The molecule has 0 aromatic heterocycles. The Hall–Kier alpha value is -1.59. The van der Waals surface area contributed by atoms with Crippen molar-refractivity contribution < 1.29 is 4.79 Å². The molecule has 5 heteroatoms. The fourth-order valence-corrected chi connectivity index (χ4v) is 3.21. The average molecular weight is 377 g/mol. The van der Waals surface area contributed by atoms with Crippen LogP contribution in [0.25, 0.3) is 0 Å². The van der Waals surface area contributed by atoms with E-state index in [1.165, 1.54) is 5.56 Å². The van der Waals surface area contributed by atoms with Crippen molar-refractivity contribution in [1.29, 1.82) is 0 Å². The second-order valence-corrected chi connectivity index (χ2v) is 6.86. The first-order valence-electron chi connectivity index (χ1n) is 10.7. The molecular formula is C22H40N4O. The molecule has 0 aliphatic carbocycles. The molecule has 0 saturated heterocycles. The minimum Gasteiger partial charge on any atom is -0.337 e. The van der Waals surface area contributed by atoms with Crippen LogP contribution in [0.5, 0.6) is 0 Å². The van der Waals surface area contributed by atoms with Crippen molar-refractivity contribution in [3.63, 3.8) is 0 Å². The Bertz CT molecular complexity index is 486. The molecule has 2 amide bonds. The molecule has 0 unspecified atom stereocenters. The van der Waals surface area contributed by atoms with E-state index in [2.05, 4.69) is 67.1 Å². The van der Waals surface area contributed by atoms with Crippen molar-refractivity contribution >= 4 is 6.03 Å². The Labute approximate surface area is 166 Å². The molecule has 0 saturated carbocycles. The maximum Gasteiger partial charge on any atom is 0.317 e. The maximum absolute atomic E-state index is 12.7. The number of carbonyl (C=O) groups excluding carboxylic acids is 1. The van der Waals surface area contributed by atoms with Crippen LogP contribution >= 0.6 is 0 Å². The minimum absolute atomic E-state index is 0.0716. The van der Waals surface area contributed by atoms with E-state index >= 15 is 0 Å². The van der Waals surface area contributed by atoms with Crippen LogP contribution in [0.2, 0.25) is 0 Å². The van der Waals surface area contributed by atoms with Gasteiger partial charge in [-0.3, -0.25) is 0 Å². The number of aryl methyl sites for hydroxylation is 1. The Morgan fingerprint density at radius 3 is 2.00 bits per heavy atom. The predicted molar refractivity (Wildman–Crippen MR) is 115 cm³/mol. The van der Waals surface area contributed by atoms with Gasteiger partial charge in [-0.25, -0.2) is 4.79 Å². The highest BCUT2D eigenvalue weighted by Crippen LogP contribution is 2.04. The molecule has 0 aliphatic rings. The Morgan fingerprint density at radius 1 is 0.815 bits per heavy atom. The van der Waals surface area contributed by atoms with Gasteiger partial charge in [-0.1, -0.05) is 58.0 Å². The van der Waals surface area contributed by atoms with Gasteiger partial charge in [0.25, 0.3) is 0 Å². The number of urea groups is 1. The topological polar surface area (TPSA) is 38.8 Å². The summed E-state index contributed by atoms with van der Waals surface area (Å²) in [4.78, 5) is 19.4. The molecular weight excluding hydrogens is 336 g/mol. The van der Waals surface area contributed by atoms with Crippen molar-refractivity contribution in [1.82, 2.24) is 20.0 Å². The monoisotopic (exact) mass is 376 g/mol. The second kappa shape index (κ2) is 14.5. The summed E-state index contributed by atoms with van der Waals surface area (Å²) in [6, 6.07) is 10.6. The third-order valence-electron chi connectivity index (χ3n) is 5.20. The number of amides is 2. The first kappa shape index (κ1) is 23.4. The van der Waals surface area contributed by atoms with Crippen molar-refractivity contribution in [3.05, 3.63) is 35.9 Å². The van der Waals surface area contributed by atoms with E-state index in [9.17, 15) is 4.79 Å². The molecule has 5 nitrogen and oxygen atoms in total. The molecule has 0 spiro atoms. The van der Waals surface area contributed by atoms with Crippen LogP contribution in [-0.2, 0) is 6.42 Å². The predicted octanol–water partition coefficient (Wildman–Crippen LogP) is 3.31. The Balaban J connectivity index is 2.50. The molecule has 1 aromatic rings. The van der Waals surface area contributed by atoms with E-state index in [4.69, 9.17) is 0 Å². The molecule has 1 N–H and O–H groups in total. The van der Waals surface area contributed by atoms with E-state index in [0.29, 0.717) is 6.54 Å². The third-order valence-corrected chi connectivity index (χ3v) is 5.20. The van der Waals surface area contributed by atoms with Gasteiger partial charge in [0.05, 0.1) is 0 Å². The van der Waals surface area contributed by atoms with Crippen LogP contribution in [-0.4, -0.2) is 79.6 Å². The number of nitrogens with zero attached hydrogens (tertiary/aromatic N) is 3. The molecule has 0 radical (unpaired) electrons. The summed E-state index contributed by atoms with van der Waals surface area (Å²) in [6.45, 7) is 16.9. The van der Waals surface area contributed by atoms with Crippen LogP contribution in [0.4, 0.5) is 4.79 Å². The van der Waals surface area contributed by atoms with E-state index in [0.717, 1.165) is 65.2 Å². The second-order valence-electron chi connectivity index (χ2n) is 6.86. The first-order chi connectivity index (χ1) is 13.1. The number of nitrogens with one attached hydrogen (secondary N) is 1. The third kappa shape index (κ3) is 9.78. The van der Waals surface area contributed by atoms with Gasteiger partial charge >= 0.3 is 6.03 Å². The quantitative estimate of drug-likeness (QED) is 0.541. The summed E-state index contributed by atoms with van der Waals surface area (Å²) in [5.74, 6) is 0. The fraction of sp³-hybridized carbons (Fsp3) is 0.682. The van der Waals surface area contributed by atoms with Gasteiger partial charge in [0.1, 0.15) is 0 Å². The summed E-state index contributed by atoms with van der Waals surface area (Å²) in [5, 5.41) is 3.12. The normalized spacial score (nSPS) is 11.2. The van der Waals surface area contributed by atoms with Gasteiger partial charge < -0.3 is 20.0 Å². The summed E-state index contributed by atoms with van der Waals surface area (Å²) in [5.41, 5.74) is 1.34. The lowest BCUT2D eigenvalue weighted by atomic mass is 10.1. The largest absolute Gasteiger partial charge is 0.337 e. The van der Waals surface area contributed by atoms with Gasteiger partial charge in [0.15, 0.2) is 0 Å². The van der Waals surface area contributed by atoms with Crippen LogP contribution < -0.4 is 5.32 Å². The molecule has 0 bridgehead atoms. The lowest BCUT2D eigenvalue weighted by Crippen LogP contribution is -2.46. The SMILES string of the molecule is CCN(CC)CCNC(=O)N(CCCc1ccccc1)CCN(CC)CC. The standard InChI is InChI=1S/C22H40N4O/c1-5-24(6-2)18-16-23-22(27)26(20-19-25(7-3)8-4)17-12-15-21-13-10-9-11-14-21/h9-11,13-14H,5-8,12,15-20H2,1-4H3,(H,23,27). The molecule has 0 fully saturated rings. The van der Waals surface area contributed by atoms with Crippen LogP contribution in [0.3, 0.4) is 0 Å². The van der Waals surface area contributed by atoms with Gasteiger partial charge in [0.2, 0.25) is 0 Å². The zero-order valence-corrected chi connectivity index (χ0v) is 17.9. The number of hydrogen-bond donors (Lipinski definition) is 1. The van der Waals surface area contributed by atoms with E-state index in [-0.39, 0.29) is 6.03 Å². The van der Waals surface area contributed by atoms with Crippen molar-refractivity contribution in [2.24, 2.45) is 0 Å². The lowest BCUT2D eigenvalue weighted by molar-refractivity contribution is 0.182. The highest BCUT2D eigenvalue weighted by atomic mass is 16.2. The molecule has 0 atom stereocenters. The fourth-order valence-electron chi connectivity index (χ4n) is 3.21. The van der Waals surface area contributed by atoms with Crippen molar-refractivity contribution in [2.75, 3.05) is 58.9 Å². The number of carbonyl (C=O) groups is 1. The molecule has 0 heterocycles. The summed E-state index contributed by atoms with van der Waals surface area (Å²) < 4.78 is 0. The van der Waals surface area contributed by atoms with Gasteiger partial charge in [0, 0.05) is 32.7 Å². The number of benzene rings is 1. The smallest absolute Gasteiger partial charge is 0.317 e. The van der Waals surface area contributed by atoms with Crippen molar-refractivity contribution in [2.45, 2.75) is 40.5 Å². The summed E-state index contributed by atoms with van der Waals surface area (Å²) in [6.07, 6.45) is 2.00. The van der Waals surface area contributed by atoms with E-state index in [1.54, 1.807) is 0 Å². The van der Waals surface area contributed by atoms with Crippen LogP contribution in [0.1, 0.15) is 39.7 Å². The lowest BCUT2D eigenvalue weighted by Gasteiger charge is -2.27. The molecule has 0 aliphatic heterocycles. The zero-order chi connectivity index (χ0) is 19.9. The first-order valence-corrected chi connectivity index (χ1v) is 10.7. The van der Waals surface area contributed by atoms with Crippen molar-refractivity contribution in [3.8, 4) is 0 Å². The molecule has 1 aromatic carbocycles. The highest BCUT2D eigenvalue weighted by molar-refractivity contribution is 5.74. The summed E-state index contributed by atoms with van der Waals surface area (Å²) in [7, 11) is 0. The molecule has 27 heavy (non-hydrogen) atoms. The summed E-state index contributed by atoms with van der Waals surface area (Å²) >= 11 is 0. The van der Waals surface area contributed by atoms with Gasteiger partial charge in [-0.05, 0) is 44.6 Å². The zero-order valence-electron chi connectivity index (χ0n) is 17.9. The Kier molecular flexibility index (Phi) is 12.6. The number of hydrogen-bond acceptors (Lipinski definition) is 3. The maximum atomic E-state index is 12.7. The molecule has 1 rings (SSSR count). The number of rotatable bonds is 14. The van der Waals surface area contributed by atoms with Crippen LogP contribution in [0, 0.1) is 0 Å². The molecule has 154 valence electrons. The average Bonchev–Trinajstić information content (AvgIpc) is 2.71. The van der Waals surface area contributed by atoms with E-state index < -0.39 is 0 Å². The Morgan fingerprint density at radius 2 is 1.41 bits per heavy atom. The highest BCUT2D eigenvalue weighted by Gasteiger charge is 2.14. The number of likely N-dealkylation sites (N-methyl/N-ethyl adjacent to an activating group) is 2. The van der Waals surface area contributed by atoms with Crippen LogP contribution in [0.15, 0.2) is 30.3 Å². The van der Waals surface area contributed by atoms with Gasteiger partial charge in [-0.2, -0.15) is 0 Å². The van der Waals surface area contributed by atoms with E-state index in [1.807, 2.05) is 11.0 Å². The van der Waals surface area contributed by atoms with Gasteiger partial charge in [-0.15, -0.1) is 0 Å².